The van der Waals surface area contributed by atoms with Crippen LogP contribution in [0.4, 0.5) is 8.78 Å². The van der Waals surface area contributed by atoms with E-state index in [1.54, 1.807) is 6.07 Å². The van der Waals surface area contributed by atoms with Crippen LogP contribution in [-0.2, 0) is 19.3 Å². The minimum atomic E-state index is -0.733. The SMILES string of the molecule is C=CCCc1ccc(C2CCc3c(ccc(F)c3F)C2)cc1. The lowest BCUT2D eigenvalue weighted by Gasteiger charge is -2.25. The van der Waals surface area contributed by atoms with E-state index >= 15 is 0 Å². The van der Waals surface area contributed by atoms with Crippen molar-refractivity contribution in [2.75, 3.05) is 0 Å². The molecule has 22 heavy (non-hydrogen) atoms. The highest BCUT2D eigenvalue weighted by atomic mass is 19.2. The Kier molecular flexibility index (Phi) is 4.37. The highest BCUT2D eigenvalue weighted by molar-refractivity contribution is 5.36. The van der Waals surface area contributed by atoms with Crippen molar-refractivity contribution in [2.24, 2.45) is 0 Å². The summed E-state index contributed by atoms with van der Waals surface area (Å²) in [6, 6.07) is 11.7. The summed E-state index contributed by atoms with van der Waals surface area (Å²) in [7, 11) is 0. The summed E-state index contributed by atoms with van der Waals surface area (Å²) < 4.78 is 27.1. The Hall–Kier alpha value is -1.96. The number of hydrogen-bond donors (Lipinski definition) is 0. The van der Waals surface area contributed by atoms with E-state index in [1.165, 1.54) is 17.2 Å². The van der Waals surface area contributed by atoms with Crippen molar-refractivity contribution in [1.29, 1.82) is 0 Å². The summed E-state index contributed by atoms with van der Waals surface area (Å²) in [5.74, 6) is -0.995. The maximum absolute atomic E-state index is 13.8. The second kappa shape index (κ2) is 6.43. The van der Waals surface area contributed by atoms with Gasteiger partial charge < -0.3 is 0 Å². The maximum atomic E-state index is 13.8. The predicted molar refractivity (Wildman–Crippen MR) is 86.1 cm³/mol. The molecule has 0 saturated heterocycles. The molecule has 114 valence electrons. The monoisotopic (exact) mass is 298 g/mol. The largest absolute Gasteiger partial charge is 0.204 e. The van der Waals surface area contributed by atoms with Crippen LogP contribution in [-0.4, -0.2) is 0 Å². The van der Waals surface area contributed by atoms with Gasteiger partial charge in [0.15, 0.2) is 11.6 Å². The zero-order valence-electron chi connectivity index (χ0n) is 12.6. The smallest absolute Gasteiger partial charge is 0.162 e. The molecule has 1 aliphatic rings. The van der Waals surface area contributed by atoms with Gasteiger partial charge in [0.1, 0.15) is 0 Å². The Balaban J connectivity index is 1.77. The van der Waals surface area contributed by atoms with Gasteiger partial charge in [0, 0.05) is 0 Å². The zero-order chi connectivity index (χ0) is 15.5. The van der Waals surface area contributed by atoms with E-state index in [-0.39, 0.29) is 0 Å². The molecular weight excluding hydrogens is 278 g/mol. The summed E-state index contributed by atoms with van der Waals surface area (Å²) in [5, 5.41) is 0. The van der Waals surface area contributed by atoms with Gasteiger partial charge in [-0.05, 0) is 66.3 Å². The summed E-state index contributed by atoms with van der Waals surface area (Å²) >= 11 is 0. The van der Waals surface area contributed by atoms with Gasteiger partial charge in [-0.2, -0.15) is 0 Å². The molecule has 0 aliphatic heterocycles. The molecule has 0 spiro atoms. The average Bonchev–Trinajstić information content (AvgIpc) is 2.56. The number of benzene rings is 2. The Labute approximate surface area is 130 Å². The summed E-state index contributed by atoms with van der Waals surface area (Å²) in [6.45, 7) is 3.74. The van der Waals surface area contributed by atoms with Gasteiger partial charge in [-0.25, -0.2) is 8.78 Å². The fourth-order valence-electron chi connectivity index (χ4n) is 3.29. The van der Waals surface area contributed by atoms with Crippen LogP contribution in [0.15, 0.2) is 49.1 Å². The molecule has 0 nitrogen and oxygen atoms in total. The second-order valence-electron chi connectivity index (χ2n) is 6.01. The third-order valence-corrected chi connectivity index (χ3v) is 4.59. The molecule has 2 aromatic carbocycles. The van der Waals surface area contributed by atoms with Crippen LogP contribution in [0.2, 0.25) is 0 Å². The number of aryl methyl sites for hydroxylation is 1. The molecule has 0 N–H and O–H groups in total. The van der Waals surface area contributed by atoms with E-state index in [1.807, 2.05) is 6.08 Å². The van der Waals surface area contributed by atoms with Gasteiger partial charge in [-0.3, -0.25) is 0 Å². The Morgan fingerprint density at radius 1 is 1.09 bits per heavy atom. The summed E-state index contributed by atoms with van der Waals surface area (Å²) in [4.78, 5) is 0. The molecule has 1 aliphatic carbocycles. The van der Waals surface area contributed by atoms with Crippen molar-refractivity contribution in [3.05, 3.63) is 82.9 Å². The van der Waals surface area contributed by atoms with Crippen molar-refractivity contribution < 1.29 is 8.78 Å². The Morgan fingerprint density at radius 3 is 2.59 bits per heavy atom. The van der Waals surface area contributed by atoms with Gasteiger partial charge in [0.25, 0.3) is 0 Å². The van der Waals surface area contributed by atoms with Crippen LogP contribution >= 0.6 is 0 Å². The predicted octanol–water partition coefficient (Wildman–Crippen LogP) is 5.36. The van der Waals surface area contributed by atoms with Gasteiger partial charge in [0.05, 0.1) is 0 Å². The first kappa shape index (κ1) is 15.0. The number of halogens is 2. The molecule has 0 fully saturated rings. The van der Waals surface area contributed by atoms with E-state index < -0.39 is 11.6 Å². The first-order chi connectivity index (χ1) is 10.7. The minimum absolute atomic E-state index is 0.394. The molecule has 1 atom stereocenters. The lowest BCUT2D eigenvalue weighted by molar-refractivity contribution is 0.478. The molecule has 0 radical (unpaired) electrons. The first-order valence-electron chi connectivity index (χ1n) is 7.84. The van der Waals surface area contributed by atoms with Crippen molar-refractivity contribution in [1.82, 2.24) is 0 Å². The third-order valence-electron chi connectivity index (χ3n) is 4.59. The first-order valence-corrected chi connectivity index (χ1v) is 7.84. The molecule has 2 heteroatoms. The van der Waals surface area contributed by atoms with Crippen LogP contribution in [0.3, 0.4) is 0 Å². The van der Waals surface area contributed by atoms with Gasteiger partial charge in [-0.1, -0.05) is 36.4 Å². The Bertz CT molecular complexity index is 671. The van der Waals surface area contributed by atoms with Gasteiger partial charge >= 0.3 is 0 Å². The molecule has 0 heterocycles. The molecule has 0 amide bonds. The Morgan fingerprint density at radius 2 is 1.86 bits per heavy atom. The van der Waals surface area contributed by atoms with E-state index in [9.17, 15) is 8.78 Å². The van der Waals surface area contributed by atoms with Crippen molar-refractivity contribution >= 4 is 0 Å². The van der Waals surface area contributed by atoms with Crippen molar-refractivity contribution in [3.8, 4) is 0 Å². The zero-order valence-corrected chi connectivity index (χ0v) is 12.6. The van der Waals surface area contributed by atoms with E-state index in [0.717, 1.165) is 31.2 Å². The minimum Gasteiger partial charge on any atom is -0.204 e. The fourth-order valence-corrected chi connectivity index (χ4v) is 3.29. The molecule has 0 aromatic heterocycles. The molecule has 0 bridgehead atoms. The molecular formula is C20H20F2. The lowest BCUT2D eigenvalue weighted by Crippen LogP contribution is -2.15. The molecule has 2 aromatic rings. The number of hydrogen-bond acceptors (Lipinski definition) is 0. The normalized spacial score (nSPS) is 17.1. The topological polar surface area (TPSA) is 0 Å². The fraction of sp³-hybridized carbons (Fsp3) is 0.300. The molecule has 1 unspecified atom stereocenters. The van der Waals surface area contributed by atoms with E-state index in [4.69, 9.17) is 0 Å². The third kappa shape index (κ3) is 2.96. The van der Waals surface area contributed by atoms with Gasteiger partial charge in [-0.15, -0.1) is 6.58 Å². The summed E-state index contributed by atoms with van der Waals surface area (Å²) in [5.41, 5.74) is 4.12. The van der Waals surface area contributed by atoms with Crippen LogP contribution < -0.4 is 0 Å². The van der Waals surface area contributed by atoms with Crippen LogP contribution in [0.1, 0.15) is 41.0 Å². The number of allylic oxidation sites excluding steroid dienone is 1. The van der Waals surface area contributed by atoms with Crippen molar-refractivity contribution in [3.63, 3.8) is 0 Å². The van der Waals surface area contributed by atoms with Crippen LogP contribution in [0, 0.1) is 11.6 Å². The highest BCUT2D eigenvalue weighted by Gasteiger charge is 2.23. The summed E-state index contributed by atoms with van der Waals surface area (Å²) in [6.07, 6.45) is 6.21. The average molecular weight is 298 g/mol. The van der Waals surface area contributed by atoms with E-state index in [2.05, 4.69) is 30.8 Å². The maximum Gasteiger partial charge on any atom is 0.162 e. The highest BCUT2D eigenvalue weighted by Crippen LogP contribution is 2.34. The number of fused-ring (bicyclic) bond motifs is 1. The molecule has 3 rings (SSSR count). The van der Waals surface area contributed by atoms with E-state index in [0.29, 0.717) is 17.9 Å². The lowest BCUT2D eigenvalue weighted by atomic mass is 9.80. The second-order valence-corrected chi connectivity index (χ2v) is 6.01. The molecule has 0 saturated carbocycles. The van der Waals surface area contributed by atoms with Crippen molar-refractivity contribution in [2.45, 2.75) is 38.0 Å². The standard InChI is InChI=1S/C20H20F2/c1-2-3-4-14-5-7-15(8-6-14)16-9-11-18-17(13-16)10-12-19(21)20(18)22/h2,5-8,10,12,16H,1,3-4,9,11,13H2. The van der Waals surface area contributed by atoms with Gasteiger partial charge in [0.2, 0.25) is 0 Å². The van der Waals surface area contributed by atoms with Crippen LogP contribution in [0.25, 0.3) is 0 Å². The quantitative estimate of drug-likeness (QED) is 0.667. The number of rotatable bonds is 4. The van der Waals surface area contributed by atoms with Crippen LogP contribution in [0.5, 0.6) is 0 Å².